The average molecular weight is 380 g/mol. The highest BCUT2D eigenvalue weighted by molar-refractivity contribution is 5.99. The first-order chi connectivity index (χ1) is 12.6. The molecule has 3 N–H and O–H groups in total. The molecule has 0 bridgehead atoms. The van der Waals surface area contributed by atoms with Crippen LogP contribution in [-0.2, 0) is 11.0 Å². The van der Waals surface area contributed by atoms with E-state index in [-0.39, 0.29) is 11.5 Å². The van der Waals surface area contributed by atoms with Crippen molar-refractivity contribution >= 4 is 28.6 Å². The maximum atomic E-state index is 13.5. The number of alkyl halides is 3. The molecule has 3 aromatic rings. The van der Waals surface area contributed by atoms with Crippen LogP contribution in [0.3, 0.4) is 0 Å². The Kier molecular flexibility index (Phi) is 4.77. The van der Waals surface area contributed by atoms with E-state index in [1.165, 1.54) is 13.0 Å². The molecule has 1 amide bonds. The first-order valence-corrected chi connectivity index (χ1v) is 8.04. The summed E-state index contributed by atoms with van der Waals surface area (Å²) in [5.41, 5.74) is 0.610. The van der Waals surface area contributed by atoms with Crippen LogP contribution in [0.1, 0.15) is 31.0 Å². The number of imidazole rings is 1. The molecule has 3 rings (SSSR count). The average Bonchev–Trinajstić information content (AvgIpc) is 2.97. The molecule has 0 saturated carbocycles. The predicted octanol–water partition coefficient (Wildman–Crippen LogP) is 4.85. The number of anilines is 2. The molecule has 1 atom stereocenters. The summed E-state index contributed by atoms with van der Waals surface area (Å²) in [6.45, 7) is 3.01. The number of amides is 1. The molecule has 0 aliphatic rings. The second-order valence-electron chi connectivity index (χ2n) is 6.07. The molecule has 9 heteroatoms. The lowest BCUT2D eigenvalue weighted by molar-refractivity contribution is -0.140. The van der Waals surface area contributed by atoms with Gasteiger partial charge in [0.05, 0.1) is 22.8 Å². The number of aromatic amines is 1. The Morgan fingerprint density at radius 1 is 1.22 bits per heavy atom. The van der Waals surface area contributed by atoms with Crippen molar-refractivity contribution in [3.05, 3.63) is 53.3 Å². The third-order valence-electron chi connectivity index (χ3n) is 3.97. The fourth-order valence-electron chi connectivity index (χ4n) is 2.71. The van der Waals surface area contributed by atoms with Crippen LogP contribution in [0.25, 0.3) is 11.0 Å². The lowest BCUT2D eigenvalue weighted by Gasteiger charge is -2.16. The number of hydrogen-bond donors (Lipinski definition) is 3. The summed E-state index contributed by atoms with van der Waals surface area (Å²) in [5.74, 6) is -1.25. The van der Waals surface area contributed by atoms with E-state index in [1.54, 1.807) is 25.1 Å². The van der Waals surface area contributed by atoms with E-state index < -0.39 is 23.6 Å². The quantitative estimate of drug-likeness (QED) is 0.567. The van der Waals surface area contributed by atoms with Crippen molar-refractivity contribution in [1.82, 2.24) is 9.97 Å². The molecule has 0 saturated heterocycles. The Labute approximate surface area is 151 Å². The van der Waals surface area contributed by atoms with Crippen molar-refractivity contribution in [3.63, 3.8) is 0 Å². The third kappa shape index (κ3) is 4.02. The van der Waals surface area contributed by atoms with E-state index in [1.807, 2.05) is 0 Å². The highest BCUT2D eigenvalue weighted by atomic mass is 19.4. The van der Waals surface area contributed by atoms with E-state index in [0.717, 1.165) is 12.1 Å². The Hall–Kier alpha value is -3.10. The van der Waals surface area contributed by atoms with Crippen molar-refractivity contribution in [2.45, 2.75) is 26.1 Å². The van der Waals surface area contributed by atoms with Gasteiger partial charge in [-0.25, -0.2) is 9.37 Å². The number of nitrogens with zero attached hydrogens (tertiary/aromatic N) is 1. The van der Waals surface area contributed by atoms with E-state index >= 15 is 0 Å². The number of fused-ring (bicyclic) bond motifs is 1. The zero-order chi connectivity index (χ0) is 19.8. The van der Waals surface area contributed by atoms with Crippen molar-refractivity contribution < 1.29 is 22.4 Å². The summed E-state index contributed by atoms with van der Waals surface area (Å²) in [6.07, 6.45) is -4.77. The van der Waals surface area contributed by atoms with Gasteiger partial charge < -0.3 is 15.6 Å². The SMILES string of the molecule is CC(=O)Nc1cccc2[nH]c(N[C@@H](C)c3ccc(F)c(C(F)(F)F)c3)nc12. The smallest absolute Gasteiger partial charge is 0.349 e. The minimum absolute atomic E-state index is 0.251. The lowest BCUT2D eigenvalue weighted by Crippen LogP contribution is -2.12. The number of carbonyl (C=O) groups excluding carboxylic acids is 1. The van der Waals surface area contributed by atoms with E-state index in [4.69, 9.17) is 0 Å². The Bertz CT molecular complexity index is 997. The maximum absolute atomic E-state index is 13.5. The van der Waals surface area contributed by atoms with Crippen LogP contribution in [0, 0.1) is 5.82 Å². The molecule has 1 aromatic heterocycles. The van der Waals surface area contributed by atoms with Crippen LogP contribution in [-0.4, -0.2) is 15.9 Å². The number of benzene rings is 2. The lowest BCUT2D eigenvalue weighted by atomic mass is 10.0. The second-order valence-corrected chi connectivity index (χ2v) is 6.07. The number of H-pyrrole nitrogens is 1. The molecule has 0 unspecified atom stereocenters. The summed E-state index contributed by atoms with van der Waals surface area (Å²) in [4.78, 5) is 18.6. The van der Waals surface area contributed by atoms with Gasteiger partial charge in [0.2, 0.25) is 11.9 Å². The topological polar surface area (TPSA) is 69.8 Å². The van der Waals surface area contributed by atoms with Gasteiger partial charge in [-0.3, -0.25) is 4.79 Å². The summed E-state index contributed by atoms with van der Waals surface area (Å²) in [6, 6.07) is 7.46. The zero-order valence-electron chi connectivity index (χ0n) is 14.4. The molecule has 1 heterocycles. The molecule has 2 aromatic carbocycles. The molecule has 0 aliphatic heterocycles. The van der Waals surface area contributed by atoms with Crippen LogP contribution in [0.15, 0.2) is 36.4 Å². The molecular weight excluding hydrogens is 364 g/mol. The molecule has 142 valence electrons. The molecule has 27 heavy (non-hydrogen) atoms. The third-order valence-corrected chi connectivity index (χ3v) is 3.97. The van der Waals surface area contributed by atoms with E-state index in [2.05, 4.69) is 20.6 Å². The van der Waals surface area contributed by atoms with Gasteiger partial charge in [0.15, 0.2) is 0 Å². The van der Waals surface area contributed by atoms with Crippen LogP contribution >= 0.6 is 0 Å². The molecule has 0 aliphatic carbocycles. The molecule has 0 fully saturated rings. The molecule has 5 nitrogen and oxygen atoms in total. The van der Waals surface area contributed by atoms with Gasteiger partial charge in [-0.1, -0.05) is 12.1 Å². The van der Waals surface area contributed by atoms with Gasteiger partial charge in [-0.05, 0) is 36.8 Å². The fraction of sp³-hybridized carbons (Fsp3) is 0.222. The standard InChI is InChI=1S/C18H16F4N4O/c1-9(11-6-7-13(19)12(8-11)18(20,21)22)23-17-25-15-5-3-4-14(16(15)26-17)24-10(2)27/h3-9H,1-2H3,(H,24,27)(H2,23,25,26)/t9-/m0/s1. The van der Waals surface area contributed by atoms with Gasteiger partial charge in [-0.15, -0.1) is 0 Å². The largest absolute Gasteiger partial charge is 0.419 e. The van der Waals surface area contributed by atoms with Gasteiger partial charge in [0.25, 0.3) is 0 Å². The monoisotopic (exact) mass is 380 g/mol. The number of para-hydroxylation sites is 1. The highest BCUT2D eigenvalue weighted by Crippen LogP contribution is 2.33. The minimum atomic E-state index is -4.77. The normalized spacial score (nSPS) is 12.8. The van der Waals surface area contributed by atoms with Crippen LogP contribution < -0.4 is 10.6 Å². The molecule has 0 spiro atoms. The Balaban J connectivity index is 1.88. The maximum Gasteiger partial charge on any atom is 0.419 e. The summed E-state index contributed by atoms with van der Waals surface area (Å²) >= 11 is 0. The van der Waals surface area contributed by atoms with Gasteiger partial charge in [0, 0.05) is 6.92 Å². The van der Waals surface area contributed by atoms with Crippen molar-refractivity contribution in [1.29, 1.82) is 0 Å². The van der Waals surface area contributed by atoms with Gasteiger partial charge in [-0.2, -0.15) is 13.2 Å². The van der Waals surface area contributed by atoms with Crippen molar-refractivity contribution in [3.8, 4) is 0 Å². The summed E-state index contributed by atoms with van der Waals surface area (Å²) in [7, 11) is 0. The Morgan fingerprint density at radius 2 is 1.96 bits per heavy atom. The van der Waals surface area contributed by atoms with Crippen LogP contribution in [0.5, 0.6) is 0 Å². The number of halogens is 4. The van der Waals surface area contributed by atoms with Crippen LogP contribution in [0.4, 0.5) is 29.2 Å². The summed E-state index contributed by atoms with van der Waals surface area (Å²) < 4.78 is 52.1. The van der Waals surface area contributed by atoms with Crippen LogP contribution in [0.2, 0.25) is 0 Å². The van der Waals surface area contributed by atoms with Gasteiger partial charge in [0.1, 0.15) is 11.3 Å². The van der Waals surface area contributed by atoms with E-state index in [9.17, 15) is 22.4 Å². The first-order valence-electron chi connectivity index (χ1n) is 8.04. The van der Waals surface area contributed by atoms with Gasteiger partial charge >= 0.3 is 6.18 Å². The number of hydrogen-bond acceptors (Lipinski definition) is 3. The number of carbonyl (C=O) groups is 1. The molecular formula is C18H16F4N4O. The Morgan fingerprint density at radius 3 is 2.63 bits per heavy atom. The first kappa shape index (κ1) is 18.7. The minimum Gasteiger partial charge on any atom is -0.349 e. The van der Waals surface area contributed by atoms with Crippen molar-refractivity contribution in [2.24, 2.45) is 0 Å². The number of nitrogens with one attached hydrogen (secondary N) is 3. The van der Waals surface area contributed by atoms with Crippen molar-refractivity contribution in [2.75, 3.05) is 10.6 Å². The highest BCUT2D eigenvalue weighted by Gasteiger charge is 2.34. The second kappa shape index (κ2) is 6.90. The number of aromatic nitrogens is 2. The zero-order valence-corrected chi connectivity index (χ0v) is 14.4. The van der Waals surface area contributed by atoms with E-state index in [0.29, 0.717) is 22.7 Å². The fourth-order valence-corrected chi connectivity index (χ4v) is 2.71. The molecule has 0 radical (unpaired) electrons. The number of rotatable bonds is 4. The predicted molar refractivity (Wildman–Crippen MR) is 93.8 cm³/mol. The summed E-state index contributed by atoms with van der Waals surface area (Å²) in [5, 5.41) is 5.62.